The minimum absolute atomic E-state index is 0.0629. The molecule has 0 radical (unpaired) electrons. The van der Waals surface area contributed by atoms with Gasteiger partial charge in [0.2, 0.25) is 5.28 Å². The summed E-state index contributed by atoms with van der Waals surface area (Å²) < 4.78 is 45.5. The van der Waals surface area contributed by atoms with Crippen molar-refractivity contribution < 1.29 is 32.3 Å². The molecule has 4 rings (SSSR count). The number of carbonyl (C=O) groups is 1. The summed E-state index contributed by atoms with van der Waals surface area (Å²) in [5, 5.41) is -0.145. The summed E-state index contributed by atoms with van der Waals surface area (Å²) in [5.74, 6) is -0.496. The molecule has 15 heteroatoms. The maximum absolute atomic E-state index is 13.2. The van der Waals surface area contributed by atoms with Gasteiger partial charge in [0, 0.05) is 6.66 Å². The van der Waals surface area contributed by atoms with E-state index in [1.54, 1.807) is 35.8 Å². The summed E-state index contributed by atoms with van der Waals surface area (Å²) in [7, 11) is -5.85. The number of benzene rings is 1. The van der Waals surface area contributed by atoms with Gasteiger partial charge in [-0.15, -0.1) is 0 Å². The smallest absolute Gasteiger partial charge is 0.338 e. The molecule has 43 heavy (non-hydrogen) atoms. The zero-order chi connectivity index (χ0) is 31.8. The van der Waals surface area contributed by atoms with E-state index < -0.39 is 45.7 Å². The first-order valence-corrected chi connectivity index (χ1v) is 19.6. The van der Waals surface area contributed by atoms with Gasteiger partial charge in [-0.1, -0.05) is 50.6 Å². The van der Waals surface area contributed by atoms with Gasteiger partial charge in [0.25, 0.3) is 0 Å². The predicted octanol–water partition coefficient (Wildman–Crippen LogP) is 7.16. The fourth-order valence-electron chi connectivity index (χ4n) is 4.71. The first kappa shape index (κ1) is 34.0. The Hall–Kier alpha value is -1.89. The average Bonchev–Trinajstić information content (AvgIpc) is 3.45. The quantitative estimate of drug-likeness (QED) is 0.0681. The molecule has 3 aromatic rings. The fraction of sp³-hybridized carbons (Fsp3) is 0.571. The van der Waals surface area contributed by atoms with Gasteiger partial charge in [0.15, 0.2) is 19.1 Å². The molecule has 1 aliphatic rings. The molecule has 1 saturated heterocycles. The highest BCUT2D eigenvalue weighted by molar-refractivity contribution is 7.52. The number of halogens is 2. The molecule has 236 valence electrons. The molecule has 0 amide bonds. The molecule has 3 heterocycles. The third-order valence-electron chi connectivity index (χ3n) is 8.05. The van der Waals surface area contributed by atoms with Crippen molar-refractivity contribution in [1.82, 2.24) is 19.5 Å². The molecule has 11 nitrogen and oxygen atoms in total. The van der Waals surface area contributed by atoms with Crippen LogP contribution in [0.15, 0.2) is 36.7 Å². The minimum atomic E-state index is -3.38. The lowest BCUT2D eigenvalue weighted by Crippen LogP contribution is -2.52. The third kappa shape index (κ3) is 7.34. The van der Waals surface area contributed by atoms with Crippen LogP contribution in [-0.4, -0.2) is 72.5 Å². The van der Waals surface area contributed by atoms with Crippen LogP contribution in [0.5, 0.6) is 0 Å². The Balaban J connectivity index is 1.81. The molecule has 0 bridgehead atoms. The highest BCUT2D eigenvalue weighted by Crippen LogP contribution is 2.53. The number of aromatic nitrogens is 4. The Morgan fingerprint density at radius 1 is 1.16 bits per heavy atom. The number of ether oxygens (including phenoxy) is 2. The average molecular weight is 674 g/mol. The second kappa shape index (κ2) is 12.8. The molecule has 2 unspecified atom stereocenters. The standard InChI is InChI=1S/C28H39Cl2N4O7PSi/c1-9-38-42(6,36)39-15-19-21(41-43(7,8)27(2,3)4)28(5,16-37-24(35)18-13-11-10-12-14-18)25(40-19)34-17-31-20-22(29)32-26(30)33-23(20)34/h10-14,17,19,21,25H,9,15-16H2,1-8H3/t19-,21?,25-,28+,42?/m1/s1. The maximum Gasteiger partial charge on any atom is 0.338 e. The van der Waals surface area contributed by atoms with E-state index in [0.717, 1.165) is 0 Å². The van der Waals surface area contributed by atoms with Crippen molar-refractivity contribution in [1.29, 1.82) is 0 Å². The molecule has 1 aliphatic heterocycles. The molecule has 5 atom stereocenters. The molecule has 1 aromatic carbocycles. The lowest BCUT2D eigenvalue weighted by molar-refractivity contribution is -0.0619. The van der Waals surface area contributed by atoms with Gasteiger partial charge in [-0.25, -0.2) is 14.8 Å². The normalized spacial score (nSPS) is 24.3. The number of imidazole rings is 1. The number of fused-ring (bicyclic) bond motifs is 1. The number of hydrogen-bond acceptors (Lipinski definition) is 10. The van der Waals surface area contributed by atoms with E-state index >= 15 is 0 Å². The monoisotopic (exact) mass is 672 g/mol. The van der Waals surface area contributed by atoms with Crippen LogP contribution in [0.3, 0.4) is 0 Å². The van der Waals surface area contributed by atoms with Crippen LogP contribution < -0.4 is 0 Å². The molecular weight excluding hydrogens is 634 g/mol. The Bertz CT molecular complexity index is 1500. The van der Waals surface area contributed by atoms with E-state index in [1.165, 1.54) is 13.0 Å². The largest absolute Gasteiger partial charge is 0.461 e. The zero-order valence-electron chi connectivity index (χ0n) is 25.7. The van der Waals surface area contributed by atoms with Crippen molar-refractivity contribution >= 4 is 56.2 Å². The molecule has 1 fully saturated rings. The van der Waals surface area contributed by atoms with Crippen LogP contribution in [-0.2, 0) is 27.5 Å². The van der Waals surface area contributed by atoms with Crippen LogP contribution in [0.25, 0.3) is 11.2 Å². The lowest BCUT2D eigenvalue weighted by Gasteiger charge is -2.43. The van der Waals surface area contributed by atoms with Gasteiger partial charge in [-0.05, 0) is 55.7 Å². The van der Waals surface area contributed by atoms with Gasteiger partial charge in [-0.3, -0.25) is 9.13 Å². The van der Waals surface area contributed by atoms with Crippen molar-refractivity contribution in [3.8, 4) is 0 Å². The van der Waals surface area contributed by atoms with E-state index in [0.29, 0.717) is 16.7 Å². The summed E-state index contributed by atoms with van der Waals surface area (Å²) >= 11 is 12.5. The Labute approximate surface area is 263 Å². The van der Waals surface area contributed by atoms with E-state index in [9.17, 15) is 9.36 Å². The summed E-state index contributed by atoms with van der Waals surface area (Å²) in [4.78, 5) is 25.9. The van der Waals surface area contributed by atoms with Crippen LogP contribution in [0, 0.1) is 5.41 Å². The van der Waals surface area contributed by atoms with Gasteiger partial charge < -0.3 is 22.9 Å². The molecule has 0 aliphatic carbocycles. The summed E-state index contributed by atoms with van der Waals surface area (Å²) in [6, 6.07) is 8.73. The van der Waals surface area contributed by atoms with Crippen LogP contribution >= 0.6 is 30.8 Å². The highest BCUT2D eigenvalue weighted by atomic mass is 35.5. The van der Waals surface area contributed by atoms with Crippen molar-refractivity contribution in [3.63, 3.8) is 0 Å². The molecule has 0 spiro atoms. The van der Waals surface area contributed by atoms with Gasteiger partial charge in [0.1, 0.15) is 24.5 Å². The molecule has 0 N–H and O–H groups in total. The van der Waals surface area contributed by atoms with E-state index in [-0.39, 0.29) is 35.3 Å². The second-order valence-electron chi connectivity index (χ2n) is 12.4. The zero-order valence-corrected chi connectivity index (χ0v) is 29.1. The first-order valence-electron chi connectivity index (χ1n) is 14.0. The SMILES string of the molecule is CCOP(C)(=O)OC[C@H]1O[C@@H](n2cnc3c(Cl)nc(Cl)nc32)[C@@](C)(COC(=O)c2ccccc2)C1O[Si](C)(C)C(C)(C)C. The fourth-order valence-corrected chi connectivity index (χ4v) is 7.51. The summed E-state index contributed by atoms with van der Waals surface area (Å²) in [6.07, 6.45) is -0.719. The minimum Gasteiger partial charge on any atom is -0.461 e. The van der Waals surface area contributed by atoms with Crippen LogP contribution in [0.4, 0.5) is 0 Å². The number of nitrogens with zero attached hydrogens (tertiary/aromatic N) is 4. The third-order valence-corrected chi connectivity index (χ3v) is 14.3. The highest BCUT2D eigenvalue weighted by Gasteiger charge is 2.59. The Morgan fingerprint density at radius 3 is 2.47 bits per heavy atom. The first-order chi connectivity index (χ1) is 20.0. The number of esters is 1. The van der Waals surface area contributed by atoms with E-state index in [1.807, 2.05) is 13.0 Å². The van der Waals surface area contributed by atoms with Crippen LogP contribution in [0.2, 0.25) is 28.6 Å². The van der Waals surface area contributed by atoms with Gasteiger partial charge >= 0.3 is 13.6 Å². The number of hydrogen-bond donors (Lipinski definition) is 0. The van der Waals surface area contributed by atoms with Gasteiger partial charge in [0.05, 0.1) is 36.6 Å². The number of rotatable bonds is 11. The van der Waals surface area contributed by atoms with E-state index in [4.69, 9.17) is 46.1 Å². The van der Waals surface area contributed by atoms with Crippen molar-refractivity contribution in [2.75, 3.05) is 26.5 Å². The number of carbonyl (C=O) groups excluding carboxylic acids is 1. The van der Waals surface area contributed by atoms with Crippen molar-refractivity contribution in [3.05, 3.63) is 52.7 Å². The Morgan fingerprint density at radius 2 is 1.84 bits per heavy atom. The summed E-state index contributed by atoms with van der Waals surface area (Å²) in [6.45, 7) is 15.7. The van der Waals surface area contributed by atoms with Gasteiger partial charge in [-0.2, -0.15) is 4.98 Å². The molecular formula is C28H39Cl2N4O7PSi. The Kier molecular flexibility index (Phi) is 10.2. The predicted molar refractivity (Wildman–Crippen MR) is 167 cm³/mol. The summed E-state index contributed by atoms with van der Waals surface area (Å²) in [5.41, 5.74) is 0.0498. The van der Waals surface area contributed by atoms with E-state index in [2.05, 4.69) is 48.8 Å². The lowest BCUT2D eigenvalue weighted by atomic mass is 9.83. The van der Waals surface area contributed by atoms with Crippen LogP contribution in [0.1, 0.15) is 51.2 Å². The molecule has 2 aromatic heterocycles. The molecule has 0 saturated carbocycles. The maximum atomic E-state index is 13.2. The van der Waals surface area contributed by atoms with Crippen molar-refractivity contribution in [2.24, 2.45) is 5.41 Å². The van der Waals surface area contributed by atoms with Crippen molar-refractivity contribution in [2.45, 2.75) is 71.2 Å². The second-order valence-corrected chi connectivity index (χ2v) is 19.9. The topological polar surface area (TPSA) is 124 Å².